The van der Waals surface area contributed by atoms with Crippen molar-refractivity contribution in [1.29, 1.82) is 0 Å². The fourth-order valence-electron chi connectivity index (χ4n) is 3.24. The summed E-state index contributed by atoms with van der Waals surface area (Å²) in [6, 6.07) is 0. The van der Waals surface area contributed by atoms with E-state index < -0.39 is 0 Å². The maximum absolute atomic E-state index is 11.8. The van der Waals surface area contributed by atoms with Crippen LogP contribution in [0.25, 0.3) is 0 Å². The van der Waals surface area contributed by atoms with Crippen molar-refractivity contribution >= 4 is 11.9 Å². The van der Waals surface area contributed by atoms with Crippen molar-refractivity contribution in [3.63, 3.8) is 0 Å². The number of hydrogen-bond acceptors (Lipinski definition) is 3. The lowest BCUT2D eigenvalue weighted by molar-refractivity contribution is -0.154. The molecular formula is C14H24O3. The number of carbonyl (C=O) groups excluding carboxylic acids is 2. The summed E-state index contributed by atoms with van der Waals surface area (Å²) < 4.78 is 4.71. The van der Waals surface area contributed by atoms with Crippen LogP contribution in [0.1, 0.15) is 53.9 Å². The van der Waals surface area contributed by atoms with Crippen LogP contribution in [0.5, 0.6) is 0 Å². The second-order valence-electron chi connectivity index (χ2n) is 6.40. The summed E-state index contributed by atoms with van der Waals surface area (Å²) in [7, 11) is 0. The van der Waals surface area contributed by atoms with Crippen molar-refractivity contribution in [1.82, 2.24) is 0 Å². The van der Waals surface area contributed by atoms with E-state index in [4.69, 9.17) is 4.74 Å². The Labute approximate surface area is 104 Å². The van der Waals surface area contributed by atoms with Crippen molar-refractivity contribution in [2.24, 2.45) is 23.2 Å². The van der Waals surface area contributed by atoms with Gasteiger partial charge in [0.25, 0.3) is 0 Å². The molecule has 0 saturated carbocycles. The molecule has 1 aliphatic heterocycles. The molecule has 1 unspecified atom stereocenters. The van der Waals surface area contributed by atoms with Gasteiger partial charge in [0, 0.05) is 0 Å². The Balaban J connectivity index is 2.89. The predicted molar refractivity (Wildman–Crippen MR) is 66.2 cm³/mol. The zero-order chi connectivity index (χ0) is 13.2. The minimum atomic E-state index is -0.362. The molecule has 1 atom stereocenters. The van der Waals surface area contributed by atoms with Crippen LogP contribution >= 0.6 is 0 Å². The van der Waals surface area contributed by atoms with Gasteiger partial charge in [0.15, 0.2) is 0 Å². The van der Waals surface area contributed by atoms with Crippen molar-refractivity contribution in [2.45, 2.75) is 53.9 Å². The lowest BCUT2D eigenvalue weighted by atomic mass is 9.67. The van der Waals surface area contributed by atoms with Gasteiger partial charge in [-0.25, -0.2) is 0 Å². The monoisotopic (exact) mass is 240 g/mol. The molecular weight excluding hydrogens is 216 g/mol. The number of rotatable bonds is 5. The Morgan fingerprint density at radius 1 is 1.18 bits per heavy atom. The van der Waals surface area contributed by atoms with E-state index in [1.54, 1.807) is 0 Å². The Bertz CT molecular complexity index is 295. The smallest absolute Gasteiger partial charge is 0.317 e. The molecule has 1 rings (SSSR count). The second-order valence-corrected chi connectivity index (χ2v) is 6.40. The number of esters is 2. The highest BCUT2D eigenvalue weighted by Crippen LogP contribution is 2.44. The van der Waals surface area contributed by atoms with E-state index in [-0.39, 0.29) is 29.7 Å². The molecule has 1 heterocycles. The molecule has 3 heteroatoms. The van der Waals surface area contributed by atoms with Crippen LogP contribution in [-0.4, -0.2) is 11.9 Å². The quantitative estimate of drug-likeness (QED) is 0.547. The van der Waals surface area contributed by atoms with Crippen LogP contribution < -0.4 is 0 Å². The predicted octanol–water partition coefficient (Wildman–Crippen LogP) is 3.17. The molecule has 0 amide bonds. The molecule has 1 aliphatic rings. The molecule has 0 aromatic heterocycles. The lowest BCUT2D eigenvalue weighted by Crippen LogP contribution is -2.33. The van der Waals surface area contributed by atoms with Crippen molar-refractivity contribution in [3.8, 4) is 0 Å². The third kappa shape index (κ3) is 3.55. The minimum absolute atomic E-state index is 0.119. The molecule has 17 heavy (non-hydrogen) atoms. The Morgan fingerprint density at radius 3 is 1.94 bits per heavy atom. The maximum atomic E-state index is 11.8. The highest BCUT2D eigenvalue weighted by atomic mass is 16.6. The third-order valence-electron chi connectivity index (χ3n) is 3.46. The Kier molecular flexibility index (Phi) is 4.34. The third-order valence-corrected chi connectivity index (χ3v) is 3.46. The summed E-state index contributed by atoms with van der Waals surface area (Å²) >= 11 is 0. The molecule has 0 N–H and O–H groups in total. The van der Waals surface area contributed by atoms with Crippen LogP contribution in [0, 0.1) is 23.2 Å². The van der Waals surface area contributed by atoms with Gasteiger partial charge in [0.2, 0.25) is 0 Å². The average molecular weight is 240 g/mol. The summed E-state index contributed by atoms with van der Waals surface area (Å²) in [4.78, 5) is 23.0. The summed E-state index contributed by atoms with van der Waals surface area (Å²) in [6.45, 7) is 10.7. The summed E-state index contributed by atoms with van der Waals surface area (Å²) in [5.74, 6) is 0.0989. The van der Waals surface area contributed by atoms with Gasteiger partial charge in [-0.05, 0) is 30.1 Å². The minimum Gasteiger partial charge on any atom is -0.393 e. The SMILES string of the molecule is CC(C)CC(C)(CC(C)C)C1CC(=O)OC1=O. The van der Waals surface area contributed by atoms with E-state index in [1.807, 2.05) is 0 Å². The van der Waals surface area contributed by atoms with Gasteiger partial charge in [-0.2, -0.15) is 0 Å². The van der Waals surface area contributed by atoms with E-state index >= 15 is 0 Å². The number of cyclic esters (lactones) is 2. The van der Waals surface area contributed by atoms with Crippen molar-refractivity contribution < 1.29 is 14.3 Å². The Morgan fingerprint density at radius 2 is 1.65 bits per heavy atom. The highest BCUT2D eigenvalue weighted by Gasteiger charge is 2.46. The van der Waals surface area contributed by atoms with Gasteiger partial charge in [-0.15, -0.1) is 0 Å². The summed E-state index contributed by atoms with van der Waals surface area (Å²) in [5.41, 5.74) is -0.119. The van der Waals surface area contributed by atoms with E-state index in [9.17, 15) is 9.59 Å². The molecule has 0 radical (unpaired) electrons. The molecule has 98 valence electrons. The van der Waals surface area contributed by atoms with E-state index in [2.05, 4.69) is 34.6 Å². The van der Waals surface area contributed by atoms with Gasteiger partial charge >= 0.3 is 11.9 Å². The molecule has 0 aromatic rings. The summed E-state index contributed by atoms with van der Waals surface area (Å²) in [5, 5.41) is 0. The maximum Gasteiger partial charge on any atom is 0.317 e. The standard InChI is InChI=1S/C14H24O3/c1-9(2)7-14(5,8-10(3)4)11-6-12(15)17-13(11)16/h9-11H,6-8H2,1-5H3. The van der Waals surface area contributed by atoms with Crippen LogP contribution in [0.2, 0.25) is 0 Å². The molecule has 1 saturated heterocycles. The van der Waals surface area contributed by atoms with E-state index in [0.717, 1.165) is 12.8 Å². The molecule has 0 bridgehead atoms. The van der Waals surface area contributed by atoms with Crippen molar-refractivity contribution in [3.05, 3.63) is 0 Å². The van der Waals surface area contributed by atoms with Crippen LogP contribution in [0.15, 0.2) is 0 Å². The van der Waals surface area contributed by atoms with Crippen LogP contribution in [0.4, 0.5) is 0 Å². The molecule has 0 spiro atoms. The molecule has 3 nitrogen and oxygen atoms in total. The highest BCUT2D eigenvalue weighted by molar-refractivity contribution is 5.95. The molecule has 1 fully saturated rings. The fourth-order valence-corrected chi connectivity index (χ4v) is 3.24. The molecule has 0 aliphatic carbocycles. The van der Waals surface area contributed by atoms with Gasteiger partial charge in [-0.1, -0.05) is 34.6 Å². The number of hydrogen-bond donors (Lipinski definition) is 0. The van der Waals surface area contributed by atoms with Crippen LogP contribution in [-0.2, 0) is 14.3 Å². The molecule has 0 aromatic carbocycles. The first-order valence-corrected chi connectivity index (χ1v) is 6.49. The normalized spacial score (nSPS) is 21.5. The van der Waals surface area contributed by atoms with E-state index in [0.29, 0.717) is 11.8 Å². The average Bonchev–Trinajstić information content (AvgIpc) is 2.42. The largest absolute Gasteiger partial charge is 0.393 e. The first-order valence-electron chi connectivity index (χ1n) is 6.49. The van der Waals surface area contributed by atoms with Crippen LogP contribution in [0.3, 0.4) is 0 Å². The Hall–Kier alpha value is -0.860. The fraction of sp³-hybridized carbons (Fsp3) is 0.857. The lowest BCUT2D eigenvalue weighted by Gasteiger charge is -2.36. The van der Waals surface area contributed by atoms with Gasteiger partial charge in [0.05, 0.1) is 12.3 Å². The zero-order valence-corrected chi connectivity index (χ0v) is 11.6. The number of ether oxygens (including phenoxy) is 1. The zero-order valence-electron chi connectivity index (χ0n) is 11.6. The number of carbonyl (C=O) groups is 2. The topological polar surface area (TPSA) is 43.4 Å². The first-order chi connectivity index (χ1) is 7.74. The van der Waals surface area contributed by atoms with Crippen molar-refractivity contribution in [2.75, 3.05) is 0 Å². The van der Waals surface area contributed by atoms with E-state index in [1.165, 1.54) is 0 Å². The van der Waals surface area contributed by atoms with Gasteiger partial charge in [-0.3, -0.25) is 9.59 Å². The van der Waals surface area contributed by atoms with Gasteiger partial charge < -0.3 is 4.74 Å². The van der Waals surface area contributed by atoms with Gasteiger partial charge in [0.1, 0.15) is 0 Å². The first kappa shape index (κ1) is 14.2. The second kappa shape index (κ2) is 5.19. The summed E-state index contributed by atoms with van der Waals surface area (Å²) in [6.07, 6.45) is 2.17.